The number of hydrogen-bond donors (Lipinski definition) is 0. The van der Waals surface area contributed by atoms with Crippen molar-refractivity contribution in [1.29, 1.82) is 0 Å². The molecule has 0 spiro atoms. The molecule has 0 unspecified atom stereocenters. The molecule has 1 aliphatic rings. The Kier molecular flexibility index (Phi) is 5.88. The summed E-state index contributed by atoms with van der Waals surface area (Å²) in [5.74, 6) is 0.661. The summed E-state index contributed by atoms with van der Waals surface area (Å²) in [6.07, 6.45) is 8.23. The van der Waals surface area contributed by atoms with Gasteiger partial charge in [0.2, 0.25) is 0 Å². The molecular weight excluding hydrogens is 330 g/mol. The molecule has 1 fully saturated rings. The van der Waals surface area contributed by atoms with Crippen LogP contribution in [-0.4, -0.2) is 62.8 Å². The Bertz CT molecular complexity index is 743. The monoisotopic (exact) mass is 357 g/mol. The van der Waals surface area contributed by atoms with Gasteiger partial charge in [-0.25, -0.2) is 0 Å². The number of aryl methyl sites for hydroxylation is 1. The Morgan fingerprint density at radius 1 is 1.19 bits per heavy atom. The molecule has 3 rings (SSSR count). The van der Waals surface area contributed by atoms with Crippen LogP contribution in [0.4, 0.5) is 0 Å². The van der Waals surface area contributed by atoms with Crippen molar-refractivity contribution in [1.82, 2.24) is 24.6 Å². The molecule has 0 saturated carbocycles. The largest absolute Gasteiger partial charge is 0.489 e. The van der Waals surface area contributed by atoms with Crippen LogP contribution in [0.2, 0.25) is 0 Å². The molecule has 0 radical (unpaired) electrons. The quantitative estimate of drug-likeness (QED) is 0.818. The van der Waals surface area contributed by atoms with Gasteiger partial charge in [0.15, 0.2) is 0 Å². The van der Waals surface area contributed by atoms with Crippen molar-refractivity contribution in [2.24, 2.45) is 7.05 Å². The van der Waals surface area contributed by atoms with Gasteiger partial charge in [0.25, 0.3) is 5.91 Å². The lowest BCUT2D eigenvalue weighted by Gasteiger charge is -2.22. The minimum absolute atomic E-state index is 0.0231. The van der Waals surface area contributed by atoms with Crippen LogP contribution in [0.5, 0.6) is 5.75 Å². The lowest BCUT2D eigenvalue weighted by atomic mass is 10.2. The zero-order valence-electron chi connectivity index (χ0n) is 15.8. The summed E-state index contributed by atoms with van der Waals surface area (Å²) in [5.41, 5.74) is 1.79. The summed E-state index contributed by atoms with van der Waals surface area (Å²) in [7, 11) is 1.93. The van der Waals surface area contributed by atoms with Crippen LogP contribution in [0.15, 0.2) is 30.9 Å². The van der Waals surface area contributed by atoms with Crippen LogP contribution in [0.3, 0.4) is 0 Å². The van der Waals surface area contributed by atoms with E-state index in [2.05, 4.69) is 15.0 Å². The van der Waals surface area contributed by atoms with Gasteiger partial charge < -0.3 is 9.64 Å². The highest BCUT2D eigenvalue weighted by Crippen LogP contribution is 2.16. The minimum atomic E-state index is 0.0231. The minimum Gasteiger partial charge on any atom is -0.489 e. The molecule has 140 valence electrons. The number of amides is 1. The van der Waals surface area contributed by atoms with Crippen LogP contribution in [-0.2, 0) is 13.6 Å². The van der Waals surface area contributed by atoms with E-state index in [1.54, 1.807) is 18.5 Å². The third kappa shape index (κ3) is 4.82. The van der Waals surface area contributed by atoms with Crippen molar-refractivity contribution in [3.63, 3.8) is 0 Å². The zero-order valence-corrected chi connectivity index (χ0v) is 15.8. The highest BCUT2D eigenvalue weighted by atomic mass is 16.5. The maximum atomic E-state index is 12.9. The fraction of sp³-hybridized carbons (Fsp3) is 0.526. The zero-order chi connectivity index (χ0) is 18.5. The third-order valence-electron chi connectivity index (χ3n) is 4.37. The van der Waals surface area contributed by atoms with Gasteiger partial charge in [0.05, 0.1) is 24.1 Å². The van der Waals surface area contributed by atoms with Gasteiger partial charge >= 0.3 is 0 Å². The molecule has 3 heterocycles. The molecule has 0 aromatic carbocycles. The van der Waals surface area contributed by atoms with Crippen LogP contribution in [0, 0.1) is 0 Å². The number of ether oxygens (including phenoxy) is 1. The fourth-order valence-electron chi connectivity index (χ4n) is 3.20. The van der Waals surface area contributed by atoms with Gasteiger partial charge in [-0.2, -0.15) is 5.10 Å². The lowest BCUT2D eigenvalue weighted by molar-refractivity contribution is 0.0760. The highest BCUT2D eigenvalue weighted by Gasteiger charge is 2.21. The Hall–Kier alpha value is -2.41. The normalized spacial score (nSPS) is 15.9. The van der Waals surface area contributed by atoms with Crippen molar-refractivity contribution in [3.8, 4) is 5.75 Å². The molecule has 2 aromatic heterocycles. The molecule has 7 nitrogen and oxygen atoms in total. The van der Waals surface area contributed by atoms with Gasteiger partial charge in [-0.15, -0.1) is 0 Å². The van der Waals surface area contributed by atoms with Crippen molar-refractivity contribution in [3.05, 3.63) is 42.0 Å². The van der Waals surface area contributed by atoms with Crippen molar-refractivity contribution in [2.75, 3.05) is 26.2 Å². The average molecular weight is 357 g/mol. The first kappa shape index (κ1) is 18.4. The van der Waals surface area contributed by atoms with Crippen LogP contribution < -0.4 is 4.74 Å². The van der Waals surface area contributed by atoms with E-state index in [0.717, 1.165) is 32.6 Å². The highest BCUT2D eigenvalue weighted by molar-refractivity contribution is 5.94. The molecule has 0 atom stereocenters. The maximum absolute atomic E-state index is 12.9. The van der Waals surface area contributed by atoms with Crippen LogP contribution in [0.1, 0.15) is 36.2 Å². The van der Waals surface area contributed by atoms with Gasteiger partial charge in [0, 0.05) is 57.7 Å². The van der Waals surface area contributed by atoms with E-state index in [0.29, 0.717) is 17.9 Å². The summed E-state index contributed by atoms with van der Waals surface area (Å²) >= 11 is 0. The summed E-state index contributed by atoms with van der Waals surface area (Å²) in [6, 6.07) is 1.79. The molecule has 1 aliphatic heterocycles. The fourth-order valence-corrected chi connectivity index (χ4v) is 3.20. The van der Waals surface area contributed by atoms with E-state index in [1.807, 2.05) is 42.9 Å². The number of pyridine rings is 1. The summed E-state index contributed by atoms with van der Waals surface area (Å²) in [5, 5.41) is 4.22. The molecule has 0 aliphatic carbocycles. The number of carbonyl (C=O) groups is 1. The van der Waals surface area contributed by atoms with E-state index in [1.165, 1.54) is 5.56 Å². The second kappa shape index (κ2) is 8.31. The predicted octanol–water partition coefficient (Wildman–Crippen LogP) is 1.95. The number of carbonyl (C=O) groups excluding carboxylic acids is 1. The predicted molar refractivity (Wildman–Crippen MR) is 99.0 cm³/mol. The molecule has 7 heteroatoms. The maximum Gasteiger partial charge on any atom is 0.255 e. The molecule has 1 saturated heterocycles. The number of nitrogens with zero attached hydrogens (tertiary/aromatic N) is 5. The van der Waals surface area contributed by atoms with Gasteiger partial charge in [-0.3, -0.25) is 19.4 Å². The molecule has 2 aromatic rings. The van der Waals surface area contributed by atoms with Crippen molar-refractivity contribution >= 4 is 5.91 Å². The Morgan fingerprint density at radius 3 is 2.77 bits per heavy atom. The molecular formula is C19H27N5O2. The molecule has 0 N–H and O–H groups in total. The Morgan fingerprint density at radius 2 is 2.04 bits per heavy atom. The van der Waals surface area contributed by atoms with Crippen LogP contribution >= 0.6 is 0 Å². The Balaban J connectivity index is 1.60. The molecule has 26 heavy (non-hydrogen) atoms. The Labute approximate surface area is 154 Å². The van der Waals surface area contributed by atoms with Gasteiger partial charge in [0.1, 0.15) is 5.75 Å². The van der Waals surface area contributed by atoms with Crippen molar-refractivity contribution < 1.29 is 9.53 Å². The number of hydrogen-bond acceptors (Lipinski definition) is 5. The molecule has 0 bridgehead atoms. The SMILES string of the molecule is CC(C)Oc1cncc(C(=O)N2CCCN(Cc3cnn(C)c3)CC2)c1. The standard InChI is InChI=1S/C19H27N5O2/c1-15(2)26-18-9-17(11-20-12-18)19(25)24-6-4-5-23(7-8-24)14-16-10-21-22(3)13-16/h9-13,15H,4-8,14H2,1-3H3. The lowest BCUT2D eigenvalue weighted by Crippen LogP contribution is -2.35. The first-order valence-electron chi connectivity index (χ1n) is 9.12. The summed E-state index contributed by atoms with van der Waals surface area (Å²) < 4.78 is 7.47. The third-order valence-corrected chi connectivity index (χ3v) is 4.37. The summed E-state index contributed by atoms with van der Waals surface area (Å²) in [6.45, 7) is 8.10. The van der Waals surface area contributed by atoms with E-state index in [9.17, 15) is 4.79 Å². The van der Waals surface area contributed by atoms with Crippen molar-refractivity contribution in [2.45, 2.75) is 32.9 Å². The van der Waals surface area contributed by atoms with E-state index in [4.69, 9.17) is 4.74 Å². The van der Waals surface area contributed by atoms with E-state index in [-0.39, 0.29) is 12.0 Å². The first-order chi connectivity index (χ1) is 12.5. The second-order valence-corrected chi connectivity index (χ2v) is 7.02. The van der Waals surface area contributed by atoms with Gasteiger partial charge in [-0.05, 0) is 26.3 Å². The van der Waals surface area contributed by atoms with Gasteiger partial charge in [-0.1, -0.05) is 0 Å². The number of rotatable bonds is 5. The van der Waals surface area contributed by atoms with Crippen LogP contribution in [0.25, 0.3) is 0 Å². The van der Waals surface area contributed by atoms with E-state index < -0.39 is 0 Å². The summed E-state index contributed by atoms with van der Waals surface area (Å²) in [4.78, 5) is 21.3. The average Bonchev–Trinajstić information content (AvgIpc) is 2.87. The van der Waals surface area contributed by atoms with E-state index >= 15 is 0 Å². The molecule has 1 amide bonds. The topological polar surface area (TPSA) is 63.5 Å². The second-order valence-electron chi connectivity index (χ2n) is 7.02. The smallest absolute Gasteiger partial charge is 0.255 e. The number of aromatic nitrogens is 3. The first-order valence-corrected chi connectivity index (χ1v) is 9.12.